The Morgan fingerprint density at radius 1 is 1.11 bits per heavy atom. The first-order valence-corrected chi connectivity index (χ1v) is 10.5. The predicted octanol–water partition coefficient (Wildman–Crippen LogP) is 5.20. The number of nitrogens with zero attached hydrogens (tertiary/aromatic N) is 1. The van der Waals surface area contributed by atoms with Crippen LogP contribution >= 0.6 is 0 Å². The van der Waals surface area contributed by atoms with Crippen molar-refractivity contribution in [2.24, 2.45) is 5.92 Å². The van der Waals surface area contributed by atoms with Gasteiger partial charge in [-0.25, -0.2) is 0 Å². The number of hydrogen-bond acceptors (Lipinski definition) is 3. The molecule has 1 amide bonds. The van der Waals surface area contributed by atoms with E-state index in [4.69, 9.17) is 4.74 Å². The van der Waals surface area contributed by atoms with E-state index in [0.29, 0.717) is 12.2 Å². The Labute approximate surface area is 168 Å². The summed E-state index contributed by atoms with van der Waals surface area (Å²) in [5.41, 5.74) is 3.04. The highest BCUT2D eigenvalue weighted by molar-refractivity contribution is 5.94. The molecule has 4 heteroatoms. The zero-order valence-electron chi connectivity index (χ0n) is 17.3. The second-order valence-corrected chi connectivity index (χ2v) is 7.83. The first-order valence-electron chi connectivity index (χ1n) is 10.5. The Balaban J connectivity index is 1.56. The van der Waals surface area contributed by atoms with Gasteiger partial charge in [-0.05, 0) is 74.1 Å². The molecule has 1 saturated heterocycles. The van der Waals surface area contributed by atoms with Gasteiger partial charge in [-0.15, -0.1) is 0 Å². The molecule has 1 aliphatic rings. The van der Waals surface area contributed by atoms with Gasteiger partial charge in [0.15, 0.2) is 0 Å². The van der Waals surface area contributed by atoms with E-state index in [9.17, 15) is 4.79 Å². The fourth-order valence-corrected chi connectivity index (χ4v) is 3.53. The van der Waals surface area contributed by atoms with Crippen LogP contribution in [0.2, 0.25) is 0 Å². The van der Waals surface area contributed by atoms with E-state index < -0.39 is 0 Å². The van der Waals surface area contributed by atoms with E-state index in [2.05, 4.69) is 48.3 Å². The molecule has 0 aromatic heterocycles. The smallest absolute Gasteiger partial charge is 0.251 e. The van der Waals surface area contributed by atoms with Crippen LogP contribution in [0.4, 0.5) is 5.69 Å². The average Bonchev–Trinajstić information content (AvgIpc) is 2.73. The Morgan fingerprint density at radius 2 is 1.75 bits per heavy atom. The van der Waals surface area contributed by atoms with Gasteiger partial charge in [0.25, 0.3) is 5.91 Å². The summed E-state index contributed by atoms with van der Waals surface area (Å²) in [6.45, 7) is 9.37. The topological polar surface area (TPSA) is 41.6 Å². The van der Waals surface area contributed by atoms with Gasteiger partial charge in [0.2, 0.25) is 0 Å². The molecule has 3 rings (SSSR count). The average molecular weight is 381 g/mol. The standard InChI is InChI=1S/C24H32N2O2/c1-4-17-28-23-11-7-21(8-12-23)24(27)25-19(3)20-5-9-22(10-6-20)26-15-13-18(2)14-16-26/h5-12,18-19H,4,13-17H2,1-3H3,(H,25,27). The van der Waals surface area contributed by atoms with Crippen LogP contribution in [0.25, 0.3) is 0 Å². The van der Waals surface area contributed by atoms with Crippen LogP contribution in [0.5, 0.6) is 5.75 Å². The number of amides is 1. The number of carbonyl (C=O) groups excluding carboxylic acids is 1. The third-order valence-corrected chi connectivity index (χ3v) is 5.48. The Morgan fingerprint density at radius 3 is 2.36 bits per heavy atom. The zero-order valence-corrected chi connectivity index (χ0v) is 17.3. The van der Waals surface area contributed by atoms with Gasteiger partial charge in [-0.2, -0.15) is 0 Å². The largest absolute Gasteiger partial charge is 0.494 e. The number of piperidine rings is 1. The molecule has 1 aliphatic heterocycles. The Hall–Kier alpha value is -2.49. The lowest BCUT2D eigenvalue weighted by atomic mass is 9.98. The number of nitrogens with one attached hydrogen (secondary N) is 1. The maximum absolute atomic E-state index is 12.5. The molecular formula is C24H32N2O2. The van der Waals surface area contributed by atoms with Crippen LogP contribution in [0.1, 0.15) is 62.0 Å². The summed E-state index contributed by atoms with van der Waals surface area (Å²) < 4.78 is 5.57. The maximum Gasteiger partial charge on any atom is 0.251 e. The lowest BCUT2D eigenvalue weighted by Gasteiger charge is -2.32. The van der Waals surface area contributed by atoms with Crippen LogP contribution in [-0.4, -0.2) is 25.6 Å². The van der Waals surface area contributed by atoms with Crippen LogP contribution < -0.4 is 15.0 Å². The van der Waals surface area contributed by atoms with Crippen molar-refractivity contribution in [1.82, 2.24) is 5.32 Å². The van der Waals surface area contributed by atoms with Crippen molar-refractivity contribution in [1.29, 1.82) is 0 Å². The molecule has 1 atom stereocenters. The number of ether oxygens (including phenoxy) is 1. The zero-order chi connectivity index (χ0) is 19.9. The lowest BCUT2D eigenvalue weighted by molar-refractivity contribution is 0.0940. The Bertz CT molecular complexity index is 747. The monoisotopic (exact) mass is 380 g/mol. The van der Waals surface area contributed by atoms with Crippen molar-refractivity contribution in [3.05, 3.63) is 59.7 Å². The Kier molecular flexibility index (Phi) is 6.96. The molecule has 0 aliphatic carbocycles. The van der Waals surface area contributed by atoms with Crippen LogP contribution in [0.15, 0.2) is 48.5 Å². The van der Waals surface area contributed by atoms with Crippen molar-refractivity contribution >= 4 is 11.6 Å². The summed E-state index contributed by atoms with van der Waals surface area (Å²) in [4.78, 5) is 15.0. The van der Waals surface area contributed by atoms with Gasteiger partial charge in [0.1, 0.15) is 5.75 Å². The van der Waals surface area contributed by atoms with Crippen molar-refractivity contribution in [2.75, 3.05) is 24.6 Å². The molecular weight excluding hydrogens is 348 g/mol. The first kappa shape index (κ1) is 20.2. The molecule has 1 heterocycles. The number of rotatable bonds is 7. The second-order valence-electron chi connectivity index (χ2n) is 7.83. The molecule has 0 spiro atoms. The maximum atomic E-state index is 12.5. The van der Waals surface area contributed by atoms with Gasteiger partial charge in [-0.1, -0.05) is 26.0 Å². The molecule has 1 unspecified atom stereocenters. The molecule has 4 nitrogen and oxygen atoms in total. The summed E-state index contributed by atoms with van der Waals surface area (Å²) in [5, 5.41) is 3.09. The van der Waals surface area contributed by atoms with Crippen LogP contribution in [-0.2, 0) is 0 Å². The number of carbonyl (C=O) groups is 1. The summed E-state index contributed by atoms with van der Waals surface area (Å²) in [6.07, 6.45) is 3.49. The van der Waals surface area contributed by atoms with Crippen molar-refractivity contribution in [3.63, 3.8) is 0 Å². The third-order valence-electron chi connectivity index (χ3n) is 5.48. The molecule has 150 valence electrons. The van der Waals surface area contributed by atoms with Crippen molar-refractivity contribution < 1.29 is 9.53 Å². The normalized spacial score (nSPS) is 15.9. The minimum atomic E-state index is -0.0661. The van der Waals surface area contributed by atoms with Gasteiger partial charge in [0, 0.05) is 24.3 Å². The van der Waals surface area contributed by atoms with Gasteiger partial charge in [-0.3, -0.25) is 4.79 Å². The summed E-state index contributed by atoms with van der Waals surface area (Å²) in [7, 11) is 0. The minimum Gasteiger partial charge on any atom is -0.494 e. The van der Waals surface area contributed by atoms with E-state index in [1.807, 2.05) is 31.2 Å². The molecule has 2 aromatic rings. The number of hydrogen-bond donors (Lipinski definition) is 1. The SMILES string of the molecule is CCCOc1ccc(C(=O)NC(C)c2ccc(N3CCC(C)CC3)cc2)cc1. The van der Waals surface area contributed by atoms with Gasteiger partial charge in [0.05, 0.1) is 12.6 Å². The summed E-state index contributed by atoms with van der Waals surface area (Å²) >= 11 is 0. The number of anilines is 1. The molecule has 0 bridgehead atoms. The molecule has 28 heavy (non-hydrogen) atoms. The molecule has 0 saturated carbocycles. The first-order chi connectivity index (χ1) is 13.6. The summed E-state index contributed by atoms with van der Waals surface area (Å²) in [5.74, 6) is 1.57. The second kappa shape index (κ2) is 9.63. The van der Waals surface area contributed by atoms with E-state index in [-0.39, 0.29) is 11.9 Å². The van der Waals surface area contributed by atoms with Crippen LogP contribution in [0, 0.1) is 5.92 Å². The predicted molar refractivity (Wildman–Crippen MR) is 115 cm³/mol. The van der Waals surface area contributed by atoms with E-state index >= 15 is 0 Å². The van der Waals surface area contributed by atoms with Crippen LogP contribution in [0.3, 0.4) is 0 Å². The molecule has 1 N–H and O–H groups in total. The van der Waals surface area contributed by atoms with Crippen molar-refractivity contribution in [3.8, 4) is 5.75 Å². The van der Waals surface area contributed by atoms with Gasteiger partial charge < -0.3 is 15.0 Å². The third kappa shape index (κ3) is 5.28. The quantitative estimate of drug-likeness (QED) is 0.717. The fraction of sp³-hybridized carbons (Fsp3) is 0.458. The minimum absolute atomic E-state index is 0.0426. The summed E-state index contributed by atoms with van der Waals surface area (Å²) in [6, 6.07) is 15.9. The lowest BCUT2D eigenvalue weighted by Crippen LogP contribution is -2.32. The van der Waals surface area contributed by atoms with E-state index in [0.717, 1.165) is 36.7 Å². The van der Waals surface area contributed by atoms with E-state index in [1.54, 1.807) is 0 Å². The van der Waals surface area contributed by atoms with E-state index in [1.165, 1.54) is 18.5 Å². The highest BCUT2D eigenvalue weighted by Gasteiger charge is 2.17. The molecule has 0 radical (unpaired) electrons. The van der Waals surface area contributed by atoms with Crippen molar-refractivity contribution in [2.45, 2.75) is 46.1 Å². The highest BCUT2D eigenvalue weighted by Crippen LogP contribution is 2.24. The highest BCUT2D eigenvalue weighted by atomic mass is 16.5. The molecule has 2 aromatic carbocycles. The molecule has 1 fully saturated rings. The van der Waals surface area contributed by atoms with Gasteiger partial charge >= 0.3 is 0 Å². The number of benzene rings is 2. The fourth-order valence-electron chi connectivity index (χ4n) is 3.53.